The number of aromatic nitrogens is 2. The molecule has 25 heavy (non-hydrogen) atoms. The first kappa shape index (κ1) is 15.9. The number of benzene rings is 2. The molecule has 0 amide bonds. The standard InChI is InChI=1S/C18H12Cl2N4O/c1-24-16-5-3-10(19)8-13(16)17(18(24)25)23-22-14-6-7-21-15-9-11(20)2-4-12(14)15/h2-9,25H,1H3. The van der Waals surface area contributed by atoms with Gasteiger partial charge in [-0.25, -0.2) is 0 Å². The SMILES string of the molecule is Cn1c(O)c(N=Nc2ccnc3cc(Cl)ccc23)c2cc(Cl)ccc21. The summed E-state index contributed by atoms with van der Waals surface area (Å²) in [6, 6.07) is 12.5. The fraction of sp³-hybridized carbons (Fsp3) is 0.0556. The average Bonchev–Trinajstić information content (AvgIpc) is 2.83. The van der Waals surface area contributed by atoms with E-state index < -0.39 is 0 Å². The van der Waals surface area contributed by atoms with Crippen LogP contribution in [0.15, 0.2) is 58.9 Å². The summed E-state index contributed by atoms with van der Waals surface area (Å²) in [4.78, 5) is 4.28. The van der Waals surface area contributed by atoms with Crippen LogP contribution in [-0.4, -0.2) is 14.7 Å². The Morgan fingerprint density at radius 1 is 0.960 bits per heavy atom. The number of aromatic hydroxyl groups is 1. The highest BCUT2D eigenvalue weighted by Crippen LogP contribution is 2.40. The molecule has 5 nitrogen and oxygen atoms in total. The van der Waals surface area contributed by atoms with E-state index in [0.29, 0.717) is 21.4 Å². The molecule has 0 bridgehead atoms. The molecule has 0 radical (unpaired) electrons. The summed E-state index contributed by atoms with van der Waals surface area (Å²) >= 11 is 12.1. The first-order valence-corrected chi connectivity index (χ1v) is 8.23. The zero-order chi connectivity index (χ0) is 17.6. The monoisotopic (exact) mass is 370 g/mol. The topological polar surface area (TPSA) is 62.8 Å². The average molecular weight is 371 g/mol. The van der Waals surface area contributed by atoms with Crippen molar-refractivity contribution in [2.75, 3.05) is 0 Å². The van der Waals surface area contributed by atoms with Gasteiger partial charge in [0, 0.05) is 34.1 Å². The number of hydrogen-bond donors (Lipinski definition) is 1. The zero-order valence-electron chi connectivity index (χ0n) is 13.1. The molecule has 4 aromatic rings. The van der Waals surface area contributed by atoms with Crippen LogP contribution in [0.2, 0.25) is 10.0 Å². The van der Waals surface area contributed by atoms with E-state index in [1.54, 1.807) is 48.1 Å². The number of nitrogens with zero attached hydrogens (tertiary/aromatic N) is 4. The van der Waals surface area contributed by atoms with Crippen molar-refractivity contribution < 1.29 is 5.11 Å². The second-order valence-electron chi connectivity index (χ2n) is 5.58. The molecule has 0 unspecified atom stereocenters. The van der Waals surface area contributed by atoms with Crippen LogP contribution in [-0.2, 0) is 7.05 Å². The second-order valence-corrected chi connectivity index (χ2v) is 6.46. The van der Waals surface area contributed by atoms with E-state index in [-0.39, 0.29) is 5.88 Å². The molecule has 2 aromatic carbocycles. The number of aryl methyl sites for hydroxylation is 1. The van der Waals surface area contributed by atoms with Gasteiger partial charge in [-0.15, -0.1) is 10.2 Å². The van der Waals surface area contributed by atoms with Crippen molar-refractivity contribution in [3.8, 4) is 5.88 Å². The van der Waals surface area contributed by atoms with Gasteiger partial charge in [-0.3, -0.25) is 4.98 Å². The van der Waals surface area contributed by atoms with Crippen LogP contribution >= 0.6 is 23.2 Å². The summed E-state index contributed by atoms with van der Waals surface area (Å²) in [5.74, 6) is 0.0300. The minimum absolute atomic E-state index is 0.0300. The number of hydrogen-bond acceptors (Lipinski definition) is 4. The second kappa shape index (κ2) is 6.02. The third-order valence-electron chi connectivity index (χ3n) is 4.04. The van der Waals surface area contributed by atoms with Gasteiger partial charge in [-0.1, -0.05) is 23.2 Å². The molecular weight excluding hydrogens is 359 g/mol. The smallest absolute Gasteiger partial charge is 0.220 e. The van der Waals surface area contributed by atoms with Crippen LogP contribution in [0.5, 0.6) is 5.88 Å². The molecule has 2 heterocycles. The van der Waals surface area contributed by atoms with E-state index >= 15 is 0 Å². The fourth-order valence-corrected chi connectivity index (χ4v) is 3.12. The third kappa shape index (κ3) is 2.71. The Kier molecular flexibility index (Phi) is 3.82. The molecule has 1 N–H and O–H groups in total. The molecule has 4 rings (SSSR count). The highest BCUT2D eigenvalue weighted by Gasteiger charge is 2.14. The van der Waals surface area contributed by atoms with Crippen molar-refractivity contribution in [3.05, 3.63) is 58.7 Å². The van der Waals surface area contributed by atoms with Gasteiger partial charge in [-0.05, 0) is 42.5 Å². The van der Waals surface area contributed by atoms with E-state index in [4.69, 9.17) is 23.2 Å². The van der Waals surface area contributed by atoms with Crippen LogP contribution in [0, 0.1) is 0 Å². The summed E-state index contributed by atoms with van der Waals surface area (Å²) < 4.78 is 1.64. The normalized spacial score (nSPS) is 11.8. The summed E-state index contributed by atoms with van der Waals surface area (Å²) in [7, 11) is 1.76. The van der Waals surface area contributed by atoms with Crippen molar-refractivity contribution in [3.63, 3.8) is 0 Å². The first-order valence-electron chi connectivity index (χ1n) is 7.47. The van der Waals surface area contributed by atoms with E-state index in [2.05, 4.69) is 15.2 Å². The van der Waals surface area contributed by atoms with Gasteiger partial charge in [0.25, 0.3) is 0 Å². The largest absolute Gasteiger partial charge is 0.493 e. The molecule has 0 aliphatic carbocycles. The van der Waals surface area contributed by atoms with Crippen LogP contribution in [0.25, 0.3) is 21.8 Å². The van der Waals surface area contributed by atoms with E-state index in [0.717, 1.165) is 21.8 Å². The van der Waals surface area contributed by atoms with Gasteiger partial charge in [0.05, 0.1) is 16.7 Å². The quantitative estimate of drug-likeness (QED) is 0.429. The van der Waals surface area contributed by atoms with Crippen molar-refractivity contribution in [2.24, 2.45) is 17.3 Å². The van der Waals surface area contributed by atoms with Gasteiger partial charge in [0.2, 0.25) is 5.88 Å². The maximum atomic E-state index is 10.4. The molecular formula is C18H12Cl2N4O. The van der Waals surface area contributed by atoms with E-state index in [1.807, 2.05) is 12.1 Å². The molecule has 0 aliphatic rings. The lowest BCUT2D eigenvalue weighted by atomic mass is 10.2. The number of fused-ring (bicyclic) bond motifs is 2. The molecule has 7 heteroatoms. The lowest BCUT2D eigenvalue weighted by molar-refractivity contribution is 0.436. The maximum absolute atomic E-state index is 10.4. The molecule has 2 aromatic heterocycles. The number of halogens is 2. The minimum Gasteiger partial charge on any atom is -0.493 e. The summed E-state index contributed by atoms with van der Waals surface area (Å²) in [5, 5.41) is 21.7. The van der Waals surface area contributed by atoms with Gasteiger partial charge in [0.1, 0.15) is 0 Å². The zero-order valence-corrected chi connectivity index (χ0v) is 14.6. The number of pyridine rings is 1. The van der Waals surface area contributed by atoms with Gasteiger partial charge in [0.15, 0.2) is 5.69 Å². The molecule has 124 valence electrons. The third-order valence-corrected chi connectivity index (χ3v) is 4.51. The number of azo groups is 1. The highest BCUT2D eigenvalue weighted by atomic mass is 35.5. The Bertz CT molecular complexity index is 1150. The maximum Gasteiger partial charge on any atom is 0.220 e. The molecule has 0 fully saturated rings. The Balaban J connectivity index is 1.87. The molecule has 0 atom stereocenters. The molecule has 0 aliphatic heterocycles. The van der Waals surface area contributed by atoms with Gasteiger partial charge in [-0.2, -0.15) is 0 Å². The van der Waals surface area contributed by atoms with Crippen molar-refractivity contribution >= 4 is 56.4 Å². The first-order chi connectivity index (χ1) is 12.0. The van der Waals surface area contributed by atoms with Crippen LogP contribution in [0.4, 0.5) is 11.4 Å². The lowest BCUT2D eigenvalue weighted by Gasteiger charge is -2.00. The summed E-state index contributed by atoms with van der Waals surface area (Å²) in [6.45, 7) is 0. The predicted molar refractivity (Wildman–Crippen MR) is 101 cm³/mol. The van der Waals surface area contributed by atoms with Crippen molar-refractivity contribution in [1.82, 2.24) is 9.55 Å². The Morgan fingerprint density at radius 3 is 2.56 bits per heavy atom. The van der Waals surface area contributed by atoms with Crippen molar-refractivity contribution in [2.45, 2.75) is 0 Å². The predicted octanol–water partition coefficient (Wildman–Crippen LogP) is 6.15. The Hall–Kier alpha value is -2.63. The van der Waals surface area contributed by atoms with Crippen molar-refractivity contribution in [1.29, 1.82) is 0 Å². The number of rotatable bonds is 2. The van der Waals surface area contributed by atoms with Gasteiger partial charge < -0.3 is 9.67 Å². The molecule has 0 saturated carbocycles. The Labute approximate surface area is 153 Å². The lowest BCUT2D eigenvalue weighted by Crippen LogP contribution is -1.84. The van der Waals surface area contributed by atoms with Crippen LogP contribution in [0.1, 0.15) is 0 Å². The summed E-state index contributed by atoms with van der Waals surface area (Å²) in [5.41, 5.74) is 2.57. The molecule has 0 spiro atoms. The van der Waals surface area contributed by atoms with Crippen LogP contribution < -0.4 is 0 Å². The summed E-state index contributed by atoms with van der Waals surface area (Å²) in [6.07, 6.45) is 1.65. The van der Waals surface area contributed by atoms with E-state index in [1.165, 1.54) is 0 Å². The fourth-order valence-electron chi connectivity index (χ4n) is 2.78. The Morgan fingerprint density at radius 2 is 1.72 bits per heavy atom. The highest BCUT2D eigenvalue weighted by molar-refractivity contribution is 6.31. The minimum atomic E-state index is 0.0300. The van der Waals surface area contributed by atoms with Gasteiger partial charge >= 0.3 is 0 Å². The van der Waals surface area contributed by atoms with E-state index in [9.17, 15) is 5.11 Å². The molecule has 0 saturated heterocycles. The van der Waals surface area contributed by atoms with Crippen LogP contribution in [0.3, 0.4) is 0 Å².